The molecular formula is C52H45N3O. The van der Waals surface area contributed by atoms with Crippen LogP contribution in [0.5, 0.6) is 0 Å². The first-order chi connectivity index (χ1) is 27.4. The summed E-state index contributed by atoms with van der Waals surface area (Å²) >= 11 is 0. The highest BCUT2D eigenvalue weighted by molar-refractivity contribution is 6.09. The Labute approximate surface area is 328 Å². The number of benzene rings is 6. The van der Waals surface area contributed by atoms with Gasteiger partial charge in [-0.2, -0.15) is 0 Å². The molecule has 3 aromatic heterocycles. The molecule has 6 aromatic carbocycles. The zero-order chi connectivity index (χ0) is 37.9. The fourth-order valence-corrected chi connectivity index (χ4v) is 8.73. The van der Waals surface area contributed by atoms with E-state index in [4.69, 9.17) is 14.4 Å². The first kappa shape index (κ1) is 34.2. The van der Waals surface area contributed by atoms with Crippen LogP contribution in [0, 0.1) is 0 Å². The summed E-state index contributed by atoms with van der Waals surface area (Å²) in [5, 5.41) is 2.06. The van der Waals surface area contributed by atoms with Crippen LogP contribution in [-0.4, -0.2) is 14.5 Å². The van der Waals surface area contributed by atoms with E-state index in [1.54, 1.807) is 0 Å². The first-order valence-corrected chi connectivity index (χ1v) is 20.1. The van der Waals surface area contributed by atoms with Gasteiger partial charge in [-0.05, 0) is 131 Å². The third-order valence-corrected chi connectivity index (χ3v) is 11.8. The molecule has 0 amide bonds. The molecule has 0 unspecified atom stereocenters. The Kier molecular flexibility index (Phi) is 8.44. The van der Waals surface area contributed by atoms with E-state index in [0.29, 0.717) is 5.71 Å². The molecule has 0 N–H and O–H groups in total. The van der Waals surface area contributed by atoms with Crippen LogP contribution in [0.3, 0.4) is 0 Å². The number of rotatable bonds is 6. The van der Waals surface area contributed by atoms with E-state index in [1.165, 1.54) is 55.8 Å². The van der Waals surface area contributed by atoms with Crippen molar-refractivity contribution in [2.75, 3.05) is 0 Å². The SMILES string of the molecule is CC(C)c1cc(-c2ccccc2)cc(C(C)C)c1-n1c(-c2cccc3c2oc2nc(-c4cc5ccc4CCc4ccc(cc4)CC5)ccc23)nc2ccccc21. The van der Waals surface area contributed by atoms with Gasteiger partial charge in [0.2, 0.25) is 5.71 Å². The molecule has 274 valence electrons. The Morgan fingerprint density at radius 3 is 1.96 bits per heavy atom. The van der Waals surface area contributed by atoms with Crippen molar-refractivity contribution in [3.63, 3.8) is 0 Å². The third-order valence-electron chi connectivity index (χ3n) is 11.8. The van der Waals surface area contributed by atoms with Gasteiger partial charge in [0.15, 0.2) is 0 Å². The minimum atomic E-state index is 0.274. The molecule has 0 saturated heterocycles. The van der Waals surface area contributed by atoms with Crippen molar-refractivity contribution in [2.24, 2.45) is 0 Å². The van der Waals surface area contributed by atoms with Gasteiger partial charge < -0.3 is 4.42 Å². The van der Waals surface area contributed by atoms with Crippen molar-refractivity contribution >= 4 is 33.1 Å². The van der Waals surface area contributed by atoms with Crippen LogP contribution in [0.2, 0.25) is 0 Å². The number of hydrogen-bond acceptors (Lipinski definition) is 3. The molecule has 56 heavy (non-hydrogen) atoms. The minimum absolute atomic E-state index is 0.274. The normalized spacial score (nSPS) is 13.0. The van der Waals surface area contributed by atoms with Gasteiger partial charge in [0.25, 0.3) is 0 Å². The molecule has 0 atom stereocenters. The quantitative estimate of drug-likeness (QED) is 0.171. The molecule has 0 aliphatic heterocycles. The number of furan rings is 1. The third kappa shape index (κ3) is 5.92. The lowest BCUT2D eigenvalue weighted by Crippen LogP contribution is -2.09. The fraction of sp³-hybridized carbons (Fsp3) is 0.192. The molecule has 4 aliphatic carbocycles. The molecule has 4 bridgehead atoms. The van der Waals surface area contributed by atoms with Crippen LogP contribution >= 0.6 is 0 Å². The molecular weight excluding hydrogens is 683 g/mol. The number of aromatic nitrogens is 3. The Hall–Kier alpha value is -6.26. The maximum absolute atomic E-state index is 6.89. The molecule has 4 aliphatic rings. The Balaban J connectivity index is 1.15. The van der Waals surface area contributed by atoms with Crippen LogP contribution in [0.15, 0.2) is 144 Å². The van der Waals surface area contributed by atoms with Crippen molar-refractivity contribution in [2.45, 2.75) is 65.2 Å². The highest BCUT2D eigenvalue weighted by Gasteiger charge is 2.26. The van der Waals surface area contributed by atoms with Crippen LogP contribution in [-0.2, 0) is 25.7 Å². The molecule has 9 aromatic rings. The topological polar surface area (TPSA) is 43.9 Å². The number of para-hydroxylation sites is 3. The molecule has 4 nitrogen and oxygen atoms in total. The van der Waals surface area contributed by atoms with E-state index in [-0.39, 0.29) is 11.8 Å². The average molecular weight is 728 g/mol. The largest absolute Gasteiger partial charge is 0.437 e. The predicted molar refractivity (Wildman–Crippen MR) is 232 cm³/mol. The zero-order valence-electron chi connectivity index (χ0n) is 32.5. The second kappa shape index (κ2) is 13.8. The van der Waals surface area contributed by atoms with Gasteiger partial charge in [-0.15, -0.1) is 0 Å². The van der Waals surface area contributed by atoms with Crippen molar-refractivity contribution in [1.82, 2.24) is 14.5 Å². The molecule has 4 heteroatoms. The van der Waals surface area contributed by atoms with Gasteiger partial charge in [-0.1, -0.05) is 119 Å². The number of hydrogen-bond donors (Lipinski definition) is 0. The molecule has 0 radical (unpaired) electrons. The maximum atomic E-state index is 6.89. The minimum Gasteiger partial charge on any atom is -0.437 e. The van der Waals surface area contributed by atoms with E-state index < -0.39 is 0 Å². The molecule has 3 heterocycles. The van der Waals surface area contributed by atoms with Crippen molar-refractivity contribution < 1.29 is 4.42 Å². The van der Waals surface area contributed by atoms with Gasteiger partial charge in [0.1, 0.15) is 11.4 Å². The Morgan fingerprint density at radius 1 is 0.536 bits per heavy atom. The van der Waals surface area contributed by atoms with E-state index in [1.807, 2.05) is 0 Å². The monoisotopic (exact) mass is 727 g/mol. The summed E-state index contributed by atoms with van der Waals surface area (Å²) < 4.78 is 9.29. The van der Waals surface area contributed by atoms with Gasteiger partial charge in [-0.3, -0.25) is 4.57 Å². The van der Waals surface area contributed by atoms with Crippen LogP contribution < -0.4 is 0 Å². The number of fused-ring (bicyclic) bond motifs is 4. The van der Waals surface area contributed by atoms with E-state index >= 15 is 0 Å². The summed E-state index contributed by atoms with van der Waals surface area (Å²) in [5.41, 5.74) is 18.3. The first-order valence-electron chi connectivity index (χ1n) is 20.1. The summed E-state index contributed by atoms with van der Waals surface area (Å²) in [6, 6.07) is 51.0. The van der Waals surface area contributed by atoms with Crippen LogP contribution in [0.25, 0.3) is 72.6 Å². The second-order valence-electron chi connectivity index (χ2n) is 16.1. The maximum Gasteiger partial charge on any atom is 0.227 e. The lowest BCUT2D eigenvalue weighted by molar-refractivity contribution is 0.655. The van der Waals surface area contributed by atoms with Gasteiger partial charge in [-0.25, -0.2) is 9.97 Å². The lowest BCUT2D eigenvalue weighted by atomic mass is 9.88. The summed E-state index contributed by atoms with van der Waals surface area (Å²) in [7, 11) is 0. The summed E-state index contributed by atoms with van der Waals surface area (Å²) in [6.45, 7) is 9.19. The van der Waals surface area contributed by atoms with Gasteiger partial charge in [0, 0.05) is 16.3 Å². The molecule has 13 rings (SSSR count). The number of aryl methyl sites for hydroxylation is 4. The highest BCUT2D eigenvalue weighted by atomic mass is 16.3. The Bertz CT molecular complexity index is 2880. The van der Waals surface area contributed by atoms with Gasteiger partial charge >= 0.3 is 0 Å². The number of pyridine rings is 1. The van der Waals surface area contributed by atoms with Crippen molar-refractivity contribution in [1.29, 1.82) is 0 Å². The predicted octanol–water partition coefficient (Wildman–Crippen LogP) is 13.5. The van der Waals surface area contributed by atoms with Crippen LogP contribution in [0.1, 0.15) is 72.9 Å². The molecule has 0 saturated carbocycles. The standard InChI is InChI=1S/C52H45N3O/c1-32(2)43-30-39(37-11-6-5-7-12-37)31-44(33(3)4)49(43)55-48-16-9-8-15-47(48)53-51(55)42-14-10-13-40-41-27-28-46(54-52(41)56-50(40)42)45-29-36-22-21-34-17-19-35(20-18-34)23-25-38(45)26-24-36/h5-20,24,26-33H,21-23,25H2,1-4H3. The smallest absolute Gasteiger partial charge is 0.227 e. The lowest BCUT2D eigenvalue weighted by Gasteiger charge is -2.24. The number of imidazole rings is 1. The molecule has 0 spiro atoms. The average Bonchev–Trinajstić information content (AvgIpc) is 3.80. The summed E-state index contributed by atoms with van der Waals surface area (Å²) in [4.78, 5) is 10.7. The van der Waals surface area contributed by atoms with E-state index in [9.17, 15) is 0 Å². The second-order valence-corrected chi connectivity index (χ2v) is 16.1. The highest BCUT2D eigenvalue weighted by Crippen LogP contribution is 2.43. The summed E-state index contributed by atoms with van der Waals surface area (Å²) in [6.07, 6.45) is 3.97. The van der Waals surface area contributed by atoms with E-state index in [2.05, 4.69) is 172 Å². The zero-order valence-corrected chi connectivity index (χ0v) is 32.5. The van der Waals surface area contributed by atoms with Crippen LogP contribution in [0.4, 0.5) is 0 Å². The Morgan fingerprint density at radius 2 is 1.21 bits per heavy atom. The fourth-order valence-electron chi connectivity index (χ4n) is 8.73. The summed E-state index contributed by atoms with van der Waals surface area (Å²) in [5.74, 6) is 1.42. The van der Waals surface area contributed by atoms with E-state index in [0.717, 1.165) is 70.2 Å². The van der Waals surface area contributed by atoms with Crippen molar-refractivity contribution in [3.05, 3.63) is 173 Å². The van der Waals surface area contributed by atoms with Crippen molar-refractivity contribution in [3.8, 4) is 39.5 Å². The molecule has 0 fully saturated rings. The van der Waals surface area contributed by atoms with Gasteiger partial charge in [0.05, 0.1) is 28.0 Å². The number of nitrogens with zero attached hydrogens (tertiary/aromatic N) is 3.